The van der Waals surface area contributed by atoms with Crippen LogP contribution in [0.5, 0.6) is 0 Å². The number of thiazole rings is 1. The normalized spacial score (nSPS) is 10.1. The van der Waals surface area contributed by atoms with Gasteiger partial charge in [0.1, 0.15) is 0 Å². The third-order valence-electron chi connectivity index (χ3n) is 3.06. The minimum Gasteiger partial charge on any atom is -0.297 e. The molecule has 1 aromatic carbocycles. The Bertz CT molecular complexity index is 899. The largest absolute Gasteiger partial charge is 0.339 e. The summed E-state index contributed by atoms with van der Waals surface area (Å²) in [5.41, 5.74) is 6.86. The SMILES string of the molecule is O=C(NNc1cccc([N+](=O)[O-])c1)Nc1nc(-c2cccnc2)cs1. The molecule has 0 radical (unpaired) electrons. The van der Waals surface area contributed by atoms with Crippen LogP contribution in [0.1, 0.15) is 0 Å². The number of nitro groups is 1. The van der Waals surface area contributed by atoms with Crippen molar-refractivity contribution >= 4 is 33.9 Å². The van der Waals surface area contributed by atoms with E-state index in [1.807, 2.05) is 6.07 Å². The van der Waals surface area contributed by atoms with E-state index in [1.165, 1.54) is 29.5 Å². The van der Waals surface area contributed by atoms with Gasteiger partial charge in [-0.15, -0.1) is 11.3 Å². The maximum absolute atomic E-state index is 11.9. The number of amides is 2. The summed E-state index contributed by atoms with van der Waals surface area (Å²) < 4.78 is 0. The van der Waals surface area contributed by atoms with E-state index >= 15 is 0 Å². The first kappa shape index (κ1) is 16.3. The number of hydrogen-bond acceptors (Lipinski definition) is 7. The molecule has 3 N–H and O–H groups in total. The summed E-state index contributed by atoms with van der Waals surface area (Å²) in [7, 11) is 0. The van der Waals surface area contributed by atoms with Gasteiger partial charge in [-0.3, -0.25) is 31.3 Å². The van der Waals surface area contributed by atoms with E-state index in [0.29, 0.717) is 16.5 Å². The Morgan fingerprint density at radius 3 is 2.88 bits per heavy atom. The molecule has 126 valence electrons. The molecule has 0 bridgehead atoms. The quantitative estimate of drug-likeness (QED) is 0.476. The Morgan fingerprint density at radius 1 is 1.24 bits per heavy atom. The van der Waals surface area contributed by atoms with Gasteiger partial charge in [0.25, 0.3) is 5.69 Å². The summed E-state index contributed by atoms with van der Waals surface area (Å²) in [6.07, 6.45) is 3.35. The van der Waals surface area contributed by atoms with Crippen LogP contribution in [0, 0.1) is 10.1 Å². The van der Waals surface area contributed by atoms with Crippen molar-refractivity contribution in [2.75, 3.05) is 10.7 Å². The zero-order valence-electron chi connectivity index (χ0n) is 12.7. The first-order valence-electron chi connectivity index (χ1n) is 7.05. The monoisotopic (exact) mass is 356 g/mol. The van der Waals surface area contributed by atoms with Crippen LogP contribution in [0.4, 0.5) is 21.3 Å². The Balaban J connectivity index is 1.57. The van der Waals surface area contributed by atoms with Gasteiger partial charge in [0.15, 0.2) is 5.13 Å². The number of benzene rings is 1. The zero-order valence-corrected chi connectivity index (χ0v) is 13.5. The molecule has 3 aromatic rings. The number of carbonyl (C=O) groups excluding carboxylic acids is 1. The topological polar surface area (TPSA) is 122 Å². The number of rotatable bonds is 5. The van der Waals surface area contributed by atoms with Gasteiger partial charge in [-0.05, 0) is 18.2 Å². The average Bonchev–Trinajstić information content (AvgIpc) is 3.09. The van der Waals surface area contributed by atoms with Gasteiger partial charge < -0.3 is 0 Å². The van der Waals surface area contributed by atoms with Gasteiger partial charge in [0.2, 0.25) is 0 Å². The maximum Gasteiger partial charge on any atom is 0.339 e. The number of hydrazine groups is 1. The van der Waals surface area contributed by atoms with Crippen molar-refractivity contribution in [1.29, 1.82) is 0 Å². The van der Waals surface area contributed by atoms with E-state index in [9.17, 15) is 14.9 Å². The summed E-state index contributed by atoms with van der Waals surface area (Å²) in [6.45, 7) is 0. The lowest BCUT2D eigenvalue weighted by Gasteiger charge is -2.08. The van der Waals surface area contributed by atoms with Gasteiger partial charge in [-0.25, -0.2) is 9.78 Å². The molecule has 0 saturated carbocycles. The molecule has 2 amide bonds. The van der Waals surface area contributed by atoms with Crippen molar-refractivity contribution in [2.45, 2.75) is 0 Å². The van der Waals surface area contributed by atoms with Gasteiger partial charge in [0, 0.05) is 35.5 Å². The third kappa shape index (κ3) is 4.26. The van der Waals surface area contributed by atoms with Crippen molar-refractivity contribution < 1.29 is 9.72 Å². The molecule has 0 aliphatic heterocycles. The number of aromatic nitrogens is 2. The minimum absolute atomic E-state index is 0.0757. The van der Waals surface area contributed by atoms with Gasteiger partial charge >= 0.3 is 6.03 Å². The number of nitro benzene ring substituents is 1. The van der Waals surface area contributed by atoms with Gasteiger partial charge in [-0.1, -0.05) is 6.07 Å². The highest BCUT2D eigenvalue weighted by atomic mass is 32.1. The Hall–Kier alpha value is -3.53. The zero-order chi connectivity index (χ0) is 17.6. The van der Waals surface area contributed by atoms with Crippen LogP contribution in [0.25, 0.3) is 11.3 Å². The molecule has 9 nitrogen and oxygen atoms in total. The lowest BCUT2D eigenvalue weighted by atomic mass is 10.2. The minimum atomic E-state index is -0.543. The molecule has 0 aliphatic carbocycles. The standard InChI is InChI=1S/C15H12N6O3S/c22-14(20-19-11-4-1-5-12(7-11)21(23)24)18-15-17-13(9-25-15)10-3-2-6-16-8-10/h1-9,19H,(H2,17,18,20,22). The lowest BCUT2D eigenvalue weighted by Crippen LogP contribution is -2.33. The second kappa shape index (κ2) is 7.36. The fourth-order valence-electron chi connectivity index (χ4n) is 1.93. The van der Waals surface area contributed by atoms with E-state index in [4.69, 9.17) is 0 Å². The number of urea groups is 1. The molecule has 3 rings (SSSR count). The van der Waals surface area contributed by atoms with Crippen LogP contribution in [-0.2, 0) is 0 Å². The van der Waals surface area contributed by atoms with Crippen molar-refractivity contribution in [3.8, 4) is 11.3 Å². The van der Waals surface area contributed by atoms with Crippen LogP contribution in [0.3, 0.4) is 0 Å². The van der Waals surface area contributed by atoms with E-state index in [-0.39, 0.29) is 5.69 Å². The second-order valence-electron chi connectivity index (χ2n) is 4.79. The van der Waals surface area contributed by atoms with E-state index in [0.717, 1.165) is 5.56 Å². The highest BCUT2D eigenvalue weighted by Gasteiger charge is 2.09. The van der Waals surface area contributed by atoms with E-state index in [1.54, 1.807) is 29.9 Å². The number of nitrogens with zero attached hydrogens (tertiary/aromatic N) is 3. The number of hydrogen-bond donors (Lipinski definition) is 3. The summed E-state index contributed by atoms with van der Waals surface area (Å²) in [4.78, 5) is 30.4. The van der Waals surface area contributed by atoms with Gasteiger partial charge in [-0.2, -0.15) is 0 Å². The molecule has 10 heteroatoms. The number of carbonyl (C=O) groups is 1. The van der Waals surface area contributed by atoms with Crippen molar-refractivity contribution in [2.24, 2.45) is 0 Å². The first-order chi connectivity index (χ1) is 12.1. The van der Waals surface area contributed by atoms with Crippen molar-refractivity contribution in [3.63, 3.8) is 0 Å². The predicted octanol–water partition coefficient (Wildman–Crippen LogP) is 3.26. The van der Waals surface area contributed by atoms with E-state index < -0.39 is 11.0 Å². The first-order valence-corrected chi connectivity index (χ1v) is 7.93. The van der Waals surface area contributed by atoms with Crippen molar-refractivity contribution in [3.05, 3.63) is 64.3 Å². The highest BCUT2D eigenvalue weighted by molar-refractivity contribution is 7.14. The third-order valence-corrected chi connectivity index (χ3v) is 3.82. The summed E-state index contributed by atoms with van der Waals surface area (Å²) in [5, 5.41) is 15.5. The molecule has 25 heavy (non-hydrogen) atoms. The maximum atomic E-state index is 11.9. The highest BCUT2D eigenvalue weighted by Crippen LogP contribution is 2.24. The molecule has 0 aliphatic rings. The molecule has 0 fully saturated rings. The van der Waals surface area contributed by atoms with Gasteiger partial charge in [0.05, 0.1) is 16.3 Å². The number of anilines is 2. The fourth-order valence-corrected chi connectivity index (χ4v) is 2.65. The number of non-ortho nitro benzene ring substituents is 1. The van der Waals surface area contributed by atoms with Crippen LogP contribution in [-0.4, -0.2) is 20.9 Å². The van der Waals surface area contributed by atoms with Crippen molar-refractivity contribution in [1.82, 2.24) is 15.4 Å². The molecule has 0 spiro atoms. The molecule has 2 aromatic heterocycles. The summed E-state index contributed by atoms with van der Waals surface area (Å²) >= 11 is 1.27. The number of pyridine rings is 1. The molecule has 0 saturated heterocycles. The Labute approximate surface area is 145 Å². The van der Waals surface area contributed by atoms with Crippen LogP contribution in [0.2, 0.25) is 0 Å². The van der Waals surface area contributed by atoms with Crippen LogP contribution in [0.15, 0.2) is 54.2 Å². The molecule has 2 heterocycles. The molecular formula is C15H12N6O3S. The Morgan fingerprint density at radius 2 is 2.12 bits per heavy atom. The molecular weight excluding hydrogens is 344 g/mol. The predicted molar refractivity (Wildman–Crippen MR) is 94.2 cm³/mol. The Kier molecular flexibility index (Phi) is 4.81. The number of nitrogens with one attached hydrogen (secondary N) is 3. The lowest BCUT2D eigenvalue weighted by molar-refractivity contribution is -0.384. The summed E-state index contributed by atoms with van der Waals surface area (Å²) in [6, 6.07) is 8.91. The van der Waals surface area contributed by atoms with E-state index in [2.05, 4.69) is 26.1 Å². The molecule has 0 atom stereocenters. The molecule has 0 unspecified atom stereocenters. The fraction of sp³-hybridized carbons (Fsp3) is 0. The second-order valence-corrected chi connectivity index (χ2v) is 5.65. The van der Waals surface area contributed by atoms with Crippen LogP contribution >= 0.6 is 11.3 Å². The summed E-state index contributed by atoms with van der Waals surface area (Å²) in [5.74, 6) is 0. The average molecular weight is 356 g/mol. The smallest absolute Gasteiger partial charge is 0.297 e. The van der Waals surface area contributed by atoms with Crippen LogP contribution < -0.4 is 16.2 Å².